The SMILES string of the molecule is CCC(CC)(CBr)COc1c(F)cccc1F. The largest absolute Gasteiger partial charge is 0.487 e. The van der Waals surface area contributed by atoms with Crippen LogP contribution in [0.15, 0.2) is 18.2 Å². The van der Waals surface area contributed by atoms with Crippen molar-refractivity contribution in [3.8, 4) is 5.75 Å². The molecule has 1 aromatic carbocycles. The lowest BCUT2D eigenvalue weighted by molar-refractivity contribution is 0.148. The van der Waals surface area contributed by atoms with Crippen LogP contribution in [0.5, 0.6) is 5.75 Å². The van der Waals surface area contributed by atoms with Crippen LogP contribution < -0.4 is 4.74 Å². The number of halogens is 3. The Hall–Kier alpha value is -0.640. The van der Waals surface area contributed by atoms with Crippen molar-refractivity contribution in [3.05, 3.63) is 29.8 Å². The zero-order valence-corrected chi connectivity index (χ0v) is 11.7. The number of ether oxygens (including phenoxy) is 1. The van der Waals surface area contributed by atoms with Crippen LogP contribution >= 0.6 is 15.9 Å². The van der Waals surface area contributed by atoms with Crippen LogP contribution in [0.2, 0.25) is 0 Å². The van der Waals surface area contributed by atoms with Gasteiger partial charge in [0.05, 0.1) is 6.61 Å². The monoisotopic (exact) mass is 306 g/mol. The predicted octanol–water partition coefficient (Wildman–Crippen LogP) is 4.54. The Labute approximate surface area is 109 Å². The summed E-state index contributed by atoms with van der Waals surface area (Å²) in [5.74, 6) is -1.58. The molecule has 0 N–H and O–H groups in total. The van der Waals surface area contributed by atoms with E-state index in [1.54, 1.807) is 0 Å². The van der Waals surface area contributed by atoms with E-state index in [4.69, 9.17) is 4.74 Å². The van der Waals surface area contributed by atoms with Crippen LogP contribution in [0.1, 0.15) is 26.7 Å². The topological polar surface area (TPSA) is 9.23 Å². The molecular weight excluding hydrogens is 290 g/mol. The molecule has 0 saturated heterocycles. The summed E-state index contributed by atoms with van der Waals surface area (Å²) in [7, 11) is 0. The molecule has 0 unspecified atom stereocenters. The second-order valence-electron chi connectivity index (χ2n) is 4.18. The van der Waals surface area contributed by atoms with Gasteiger partial charge in [-0.15, -0.1) is 0 Å². The van der Waals surface area contributed by atoms with Crippen molar-refractivity contribution < 1.29 is 13.5 Å². The fourth-order valence-electron chi connectivity index (χ4n) is 1.53. The average Bonchev–Trinajstić information content (AvgIpc) is 2.34. The molecule has 0 aliphatic carbocycles. The molecule has 0 fully saturated rings. The maximum absolute atomic E-state index is 13.4. The molecule has 0 aromatic heterocycles. The molecule has 96 valence electrons. The van der Waals surface area contributed by atoms with Crippen LogP contribution in [0.3, 0.4) is 0 Å². The predicted molar refractivity (Wildman–Crippen MR) is 68.7 cm³/mol. The highest BCUT2D eigenvalue weighted by atomic mass is 79.9. The maximum atomic E-state index is 13.4. The molecule has 0 bridgehead atoms. The number of para-hydroxylation sites is 1. The number of hydrogen-bond donors (Lipinski definition) is 0. The van der Waals surface area contributed by atoms with Gasteiger partial charge in [0.1, 0.15) is 0 Å². The summed E-state index contributed by atoms with van der Waals surface area (Å²) >= 11 is 3.44. The van der Waals surface area contributed by atoms with Crippen molar-refractivity contribution in [2.24, 2.45) is 5.41 Å². The molecule has 0 spiro atoms. The van der Waals surface area contributed by atoms with Crippen molar-refractivity contribution in [2.45, 2.75) is 26.7 Å². The highest BCUT2D eigenvalue weighted by molar-refractivity contribution is 9.09. The van der Waals surface area contributed by atoms with Crippen LogP contribution in [0, 0.1) is 17.0 Å². The van der Waals surface area contributed by atoms with Crippen LogP contribution in [0.25, 0.3) is 0 Å². The van der Waals surface area contributed by atoms with Gasteiger partial charge in [0.25, 0.3) is 0 Å². The van der Waals surface area contributed by atoms with Crippen LogP contribution in [-0.2, 0) is 0 Å². The molecular formula is C13H17BrF2O. The van der Waals surface area contributed by atoms with Gasteiger partial charge in [-0.2, -0.15) is 0 Å². The molecule has 0 aliphatic rings. The van der Waals surface area contributed by atoms with Gasteiger partial charge in [-0.25, -0.2) is 8.78 Å². The van der Waals surface area contributed by atoms with E-state index in [1.165, 1.54) is 18.2 Å². The van der Waals surface area contributed by atoms with Gasteiger partial charge in [0.2, 0.25) is 0 Å². The van der Waals surface area contributed by atoms with E-state index in [1.807, 2.05) is 13.8 Å². The van der Waals surface area contributed by atoms with Crippen molar-refractivity contribution in [3.63, 3.8) is 0 Å². The van der Waals surface area contributed by atoms with Gasteiger partial charge in [-0.05, 0) is 25.0 Å². The highest BCUT2D eigenvalue weighted by Gasteiger charge is 2.26. The summed E-state index contributed by atoms with van der Waals surface area (Å²) in [6.45, 7) is 4.40. The maximum Gasteiger partial charge on any atom is 0.190 e. The molecule has 0 amide bonds. The molecule has 0 heterocycles. The molecule has 1 rings (SSSR count). The smallest absolute Gasteiger partial charge is 0.190 e. The van der Waals surface area contributed by atoms with Gasteiger partial charge < -0.3 is 4.74 Å². The number of hydrogen-bond acceptors (Lipinski definition) is 1. The number of benzene rings is 1. The molecule has 4 heteroatoms. The van der Waals surface area contributed by atoms with E-state index in [9.17, 15) is 8.78 Å². The zero-order chi connectivity index (χ0) is 12.9. The standard InChI is InChI=1S/C13H17BrF2O/c1-3-13(4-2,8-14)9-17-12-10(15)6-5-7-11(12)16/h5-7H,3-4,8-9H2,1-2H3. The Morgan fingerprint density at radius 3 is 2.12 bits per heavy atom. The zero-order valence-electron chi connectivity index (χ0n) is 10.1. The first-order valence-electron chi connectivity index (χ1n) is 5.71. The van der Waals surface area contributed by atoms with Crippen LogP contribution in [0.4, 0.5) is 8.78 Å². The van der Waals surface area contributed by atoms with E-state index < -0.39 is 11.6 Å². The van der Waals surface area contributed by atoms with Gasteiger partial charge in [0.15, 0.2) is 17.4 Å². The van der Waals surface area contributed by atoms with Crippen molar-refractivity contribution >= 4 is 15.9 Å². The Balaban J connectivity index is 2.79. The summed E-state index contributed by atoms with van der Waals surface area (Å²) in [5, 5.41) is 0.753. The first-order valence-corrected chi connectivity index (χ1v) is 6.83. The van der Waals surface area contributed by atoms with Gasteiger partial charge in [-0.3, -0.25) is 0 Å². The van der Waals surface area contributed by atoms with E-state index in [0.29, 0.717) is 6.61 Å². The van der Waals surface area contributed by atoms with Crippen molar-refractivity contribution in [2.75, 3.05) is 11.9 Å². The van der Waals surface area contributed by atoms with Gasteiger partial charge in [-0.1, -0.05) is 35.8 Å². The minimum absolute atomic E-state index is 0.0747. The molecule has 1 aromatic rings. The first kappa shape index (κ1) is 14.4. The minimum atomic E-state index is -0.652. The lowest BCUT2D eigenvalue weighted by atomic mass is 9.86. The van der Waals surface area contributed by atoms with E-state index in [-0.39, 0.29) is 11.2 Å². The van der Waals surface area contributed by atoms with Crippen LogP contribution in [-0.4, -0.2) is 11.9 Å². The summed E-state index contributed by atoms with van der Waals surface area (Å²) in [5.41, 5.74) is -0.0747. The highest BCUT2D eigenvalue weighted by Crippen LogP contribution is 2.31. The third kappa shape index (κ3) is 3.41. The van der Waals surface area contributed by atoms with Crippen molar-refractivity contribution in [1.29, 1.82) is 0 Å². The Morgan fingerprint density at radius 1 is 1.18 bits per heavy atom. The normalized spacial score (nSPS) is 11.6. The van der Waals surface area contributed by atoms with E-state index in [2.05, 4.69) is 15.9 Å². The molecule has 17 heavy (non-hydrogen) atoms. The second-order valence-corrected chi connectivity index (χ2v) is 4.74. The minimum Gasteiger partial charge on any atom is -0.487 e. The van der Waals surface area contributed by atoms with Gasteiger partial charge >= 0.3 is 0 Å². The summed E-state index contributed by atoms with van der Waals surface area (Å²) in [6.07, 6.45) is 1.79. The quantitative estimate of drug-likeness (QED) is 0.701. The third-order valence-corrected chi connectivity index (χ3v) is 4.41. The molecule has 0 radical (unpaired) electrons. The lowest BCUT2D eigenvalue weighted by Gasteiger charge is -2.29. The number of rotatable bonds is 6. The van der Waals surface area contributed by atoms with E-state index >= 15 is 0 Å². The molecule has 1 nitrogen and oxygen atoms in total. The van der Waals surface area contributed by atoms with Gasteiger partial charge in [0, 0.05) is 10.7 Å². The van der Waals surface area contributed by atoms with Crippen molar-refractivity contribution in [1.82, 2.24) is 0 Å². The molecule has 0 atom stereocenters. The summed E-state index contributed by atoms with van der Waals surface area (Å²) < 4.78 is 32.0. The lowest BCUT2D eigenvalue weighted by Crippen LogP contribution is -2.29. The fourth-order valence-corrected chi connectivity index (χ4v) is 2.48. The summed E-state index contributed by atoms with van der Waals surface area (Å²) in [6, 6.07) is 3.73. The molecule has 0 aliphatic heterocycles. The average molecular weight is 307 g/mol. The first-order chi connectivity index (χ1) is 8.08. The second kappa shape index (κ2) is 6.34. The Kier molecular flexibility index (Phi) is 5.37. The number of alkyl halides is 1. The Bertz CT molecular complexity index is 336. The fraction of sp³-hybridized carbons (Fsp3) is 0.538. The van der Waals surface area contributed by atoms with E-state index in [0.717, 1.165) is 18.2 Å². The third-order valence-electron chi connectivity index (χ3n) is 3.23. The Morgan fingerprint density at radius 2 is 1.71 bits per heavy atom. The molecule has 0 saturated carbocycles. The summed E-state index contributed by atoms with van der Waals surface area (Å²) in [4.78, 5) is 0.